The van der Waals surface area contributed by atoms with E-state index in [1.165, 1.54) is 6.92 Å². The third kappa shape index (κ3) is 1.55. The lowest BCUT2D eigenvalue weighted by molar-refractivity contribution is -0.122. The van der Waals surface area contributed by atoms with E-state index in [4.69, 9.17) is 16.2 Å². The highest BCUT2D eigenvalue weighted by Gasteiger charge is 2.71. The summed E-state index contributed by atoms with van der Waals surface area (Å²) in [5, 5.41) is 14.3. The van der Waals surface area contributed by atoms with Crippen LogP contribution in [0.5, 0.6) is 0 Å². The summed E-state index contributed by atoms with van der Waals surface area (Å²) in [6, 6.07) is -0.256. The van der Waals surface area contributed by atoms with Gasteiger partial charge in [0.1, 0.15) is 6.61 Å². The number of carbonyl (C=O) groups excluding carboxylic acids is 3. The lowest BCUT2D eigenvalue weighted by Gasteiger charge is -2.36. The maximum Gasteiger partial charge on any atom is 0.404 e. The van der Waals surface area contributed by atoms with E-state index in [1.807, 2.05) is 0 Å². The molecule has 3 heterocycles. The van der Waals surface area contributed by atoms with Gasteiger partial charge in [0.05, 0.1) is 23.4 Å². The van der Waals surface area contributed by atoms with Crippen LogP contribution in [0.1, 0.15) is 6.92 Å². The van der Waals surface area contributed by atoms with E-state index in [2.05, 4.69) is 5.32 Å². The zero-order valence-electron chi connectivity index (χ0n) is 12.3. The van der Waals surface area contributed by atoms with Crippen molar-refractivity contribution in [3.8, 4) is 0 Å². The molecule has 4 aliphatic rings. The lowest BCUT2D eigenvalue weighted by Crippen LogP contribution is -2.53. The average Bonchev–Trinajstić information content (AvgIpc) is 3.15. The Balaban J connectivity index is 1.82. The molecule has 6 N–H and O–H groups in total. The third-order valence-electron chi connectivity index (χ3n) is 5.18. The Kier molecular flexibility index (Phi) is 2.55. The largest absolute Gasteiger partial charge is 0.449 e. The Hall–Kier alpha value is -2.39. The standard InChI is InChI=1S/C14H16N4O5/c1-4-8(15)11(20)7-5(3-23-13(16)21)14(22)12-6(17-12)2-18(14)9(7)10(4)19/h5-6,12,17,22H,2-3,15H2,1H3,(H2,16,21)/t5-,6-,12-,14+/m0/s1. The molecule has 23 heavy (non-hydrogen) atoms. The second-order valence-corrected chi connectivity index (χ2v) is 6.29. The van der Waals surface area contributed by atoms with Crippen molar-refractivity contribution in [3.05, 3.63) is 22.5 Å². The van der Waals surface area contributed by atoms with Gasteiger partial charge in [-0.3, -0.25) is 9.59 Å². The molecule has 0 aromatic rings. The van der Waals surface area contributed by atoms with Crippen molar-refractivity contribution in [1.29, 1.82) is 0 Å². The molecule has 0 unspecified atom stereocenters. The summed E-state index contributed by atoms with van der Waals surface area (Å²) < 4.78 is 4.83. The number of Topliss-reactive ketones (excluding diaryl/α,β-unsaturated/α-hetero) is 2. The van der Waals surface area contributed by atoms with Crippen molar-refractivity contribution in [2.45, 2.75) is 24.7 Å². The van der Waals surface area contributed by atoms with E-state index >= 15 is 0 Å². The molecule has 0 aromatic heterocycles. The minimum atomic E-state index is -1.50. The fraction of sp³-hybridized carbons (Fsp3) is 0.500. The highest BCUT2D eigenvalue weighted by atomic mass is 16.5. The first-order chi connectivity index (χ1) is 10.8. The minimum absolute atomic E-state index is 0.0385. The van der Waals surface area contributed by atoms with Gasteiger partial charge < -0.3 is 31.5 Å². The van der Waals surface area contributed by atoms with Crippen LogP contribution in [0.25, 0.3) is 0 Å². The van der Waals surface area contributed by atoms with Crippen LogP contribution in [-0.4, -0.2) is 58.6 Å². The van der Waals surface area contributed by atoms with Crippen LogP contribution >= 0.6 is 0 Å². The van der Waals surface area contributed by atoms with Crippen LogP contribution in [0.15, 0.2) is 22.5 Å². The van der Waals surface area contributed by atoms with Crippen LogP contribution in [0, 0.1) is 5.92 Å². The van der Waals surface area contributed by atoms with Crippen molar-refractivity contribution >= 4 is 17.7 Å². The molecule has 0 bridgehead atoms. The number of rotatable bonds is 2. The maximum atomic E-state index is 12.6. The van der Waals surface area contributed by atoms with Crippen molar-refractivity contribution in [1.82, 2.24) is 10.2 Å². The summed E-state index contributed by atoms with van der Waals surface area (Å²) in [7, 11) is 0. The molecule has 0 spiro atoms. The van der Waals surface area contributed by atoms with E-state index in [9.17, 15) is 19.5 Å². The number of amides is 1. The molecule has 2 fully saturated rings. The first kappa shape index (κ1) is 14.2. The molecule has 3 aliphatic heterocycles. The van der Waals surface area contributed by atoms with Gasteiger partial charge in [0.25, 0.3) is 0 Å². The summed E-state index contributed by atoms with van der Waals surface area (Å²) >= 11 is 0. The highest BCUT2D eigenvalue weighted by Crippen LogP contribution is 2.53. The van der Waals surface area contributed by atoms with Gasteiger partial charge in [-0.2, -0.15) is 0 Å². The number of carbonyl (C=O) groups is 3. The summed E-state index contributed by atoms with van der Waals surface area (Å²) in [6.07, 6.45) is -1.01. The van der Waals surface area contributed by atoms with Crippen molar-refractivity contribution < 1.29 is 24.2 Å². The van der Waals surface area contributed by atoms with E-state index in [0.29, 0.717) is 6.54 Å². The van der Waals surface area contributed by atoms with E-state index in [1.54, 1.807) is 4.90 Å². The van der Waals surface area contributed by atoms with Crippen LogP contribution in [0.4, 0.5) is 4.79 Å². The number of hydrogen-bond donors (Lipinski definition) is 4. The SMILES string of the molecule is CC1=C(N)C(=O)C2=C(C1=O)N1C[C@@H]3N[C@@H]3[C@]1(O)[C@H]2COC(N)=O. The molecule has 1 amide bonds. The van der Waals surface area contributed by atoms with Crippen LogP contribution in [0.3, 0.4) is 0 Å². The molecule has 0 aromatic carbocycles. The lowest BCUT2D eigenvalue weighted by atomic mass is 9.83. The van der Waals surface area contributed by atoms with Crippen LogP contribution in [-0.2, 0) is 14.3 Å². The predicted octanol–water partition coefficient (Wildman–Crippen LogP) is -2.31. The first-order valence-corrected chi connectivity index (χ1v) is 7.26. The van der Waals surface area contributed by atoms with Gasteiger partial charge in [-0.25, -0.2) is 4.79 Å². The Morgan fingerprint density at radius 1 is 1.48 bits per heavy atom. The number of fused-ring (bicyclic) bond motifs is 4. The zero-order chi connectivity index (χ0) is 16.7. The Morgan fingerprint density at radius 3 is 2.83 bits per heavy atom. The van der Waals surface area contributed by atoms with Gasteiger partial charge in [-0.05, 0) is 6.92 Å². The van der Waals surface area contributed by atoms with Crippen molar-refractivity contribution in [2.24, 2.45) is 17.4 Å². The minimum Gasteiger partial charge on any atom is -0.449 e. The average molecular weight is 320 g/mol. The van der Waals surface area contributed by atoms with Gasteiger partial charge in [0, 0.05) is 23.7 Å². The number of nitrogens with one attached hydrogen (secondary N) is 1. The maximum absolute atomic E-state index is 12.6. The normalized spacial score (nSPS) is 37.8. The van der Waals surface area contributed by atoms with Gasteiger partial charge in [-0.15, -0.1) is 0 Å². The Bertz CT molecular complexity index is 741. The molecule has 9 nitrogen and oxygen atoms in total. The Morgan fingerprint density at radius 2 is 2.17 bits per heavy atom. The predicted molar refractivity (Wildman–Crippen MR) is 75.3 cm³/mol. The monoisotopic (exact) mass is 320 g/mol. The second kappa shape index (κ2) is 4.12. The van der Waals surface area contributed by atoms with Crippen LogP contribution in [0.2, 0.25) is 0 Å². The molecule has 4 atom stereocenters. The molecule has 4 rings (SSSR count). The number of ether oxygens (including phenoxy) is 1. The number of nitrogens with two attached hydrogens (primary N) is 2. The van der Waals surface area contributed by atoms with Gasteiger partial charge in [0.15, 0.2) is 5.72 Å². The molecular formula is C14H16N4O5. The highest BCUT2D eigenvalue weighted by molar-refractivity contribution is 6.25. The topological polar surface area (TPSA) is 158 Å². The third-order valence-corrected chi connectivity index (χ3v) is 5.18. The summed E-state index contributed by atoms with van der Waals surface area (Å²) in [4.78, 5) is 37.7. The Labute approximate surface area is 130 Å². The molecular weight excluding hydrogens is 304 g/mol. The molecule has 0 saturated carbocycles. The van der Waals surface area contributed by atoms with E-state index < -0.39 is 23.5 Å². The number of primary amides is 1. The molecule has 122 valence electrons. The molecule has 0 radical (unpaired) electrons. The van der Waals surface area contributed by atoms with Crippen LogP contribution < -0.4 is 16.8 Å². The number of piperazine rings is 1. The molecule has 9 heteroatoms. The number of nitrogens with zero attached hydrogens (tertiary/aromatic N) is 1. The molecule has 1 aliphatic carbocycles. The van der Waals surface area contributed by atoms with Gasteiger partial charge in [0.2, 0.25) is 11.6 Å². The van der Waals surface area contributed by atoms with Gasteiger partial charge in [-0.1, -0.05) is 0 Å². The summed E-state index contributed by atoms with van der Waals surface area (Å²) in [6.45, 7) is 1.59. The fourth-order valence-electron chi connectivity index (χ4n) is 3.96. The van der Waals surface area contributed by atoms with E-state index in [-0.39, 0.29) is 47.0 Å². The first-order valence-electron chi connectivity index (χ1n) is 7.26. The number of hydrogen-bond acceptors (Lipinski definition) is 8. The summed E-state index contributed by atoms with van der Waals surface area (Å²) in [5.74, 6) is -1.76. The van der Waals surface area contributed by atoms with Gasteiger partial charge >= 0.3 is 6.09 Å². The quantitative estimate of drug-likeness (QED) is 0.326. The van der Waals surface area contributed by atoms with Crippen molar-refractivity contribution in [3.63, 3.8) is 0 Å². The fourth-order valence-corrected chi connectivity index (χ4v) is 3.96. The molecule has 2 saturated heterocycles. The number of aliphatic hydroxyl groups is 1. The zero-order valence-corrected chi connectivity index (χ0v) is 12.3. The smallest absolute Gasteiger partial charge is 0.404 e. The number of ketones is 2. The number of allylic oxidation sites excluding steroid dienone is 2. The van der Waals surface area contributed by atoms with E-state index in [0.717, 1.165) is 0 Å². The summed E-state index contributed by atoms with van der Waals surface area (Å²) in [5.41, 5.74) is 9.55. The van der Waals surface area contributed by atoms with Crippen molar-refractivity contribution in [2.75, 3.05) is 13.2 Å². The second-order valence-electron chi connectivity index (χ2n) is 6.29.